The summed E-state index contributed by atoms with van der Waals surface area (Å²) in [7, 11) is 0. The summed E-state index contributed by atoms with van der Waals surface area (Å²) >= 11 is 0. The van der Waals surface area contributed by atoms with E-state index >= 15 is 0 Å². The minimum Gasteiger partial charge on any atom is -0.384 e. The Morgan fingerprint density at radius 1 is 1.20 bits per heavy atom. The van der Waals surface area contributed by atoms with Crippen molar-refractivity contribution < 1.29 is 0 Å². The van der Waals surface area contributed by atoms with Crippen LogP contribution in [0.15, 0.2) is 54.9 Å². The molecule has 1 heterocycles. The van der Waals surface area contributed by atoms with E-state index in [4.69, 9.17) is 0 Å². The fraction of sp³-hybridized carbons (Fsp3) is 0.353. The first-order valence-electron chi connectivity index (χ1n) is 7.36. The summed E-state index contributed by atoms with van der Waals surface area (Å²) in [6, 6.07) is 10.5. The predicted molar refractivity (Wildman–Crippen MR) is 82.7 cm³/mol. The lowest BCUT2D eigenvalue weighted by Crippen LogP contribution is -2.16. The molecule has 0 radical (unpaired) electrons. The summed E-state index contributed by atoms with van der Waals surface area (Å²) in [5.74, 6) is 0.762. The van der Waals surface area contributed by atoms with Gasteiger partial charge in [0.15, 0.2) is 0 Å². The molecule has 0 saturated heterocycles. The predicted octanol–water partition coefficient (Wildman–Crippen LogP) is 3.70. The highest BCUT2D eigenvalue weighted by molar-refractivity contribution is 5.51. The Balaban J connectivity index is 1.64. The third-order valence-electron chi connectivity index (χ3n) is 3.87. The van der Waals surface area contributed by atoms with Crippen molar-refractivity contribution in [2.45, 2.75) is 25.8 Å². The minimum absolute atomic E-state index is 0.762. The zero-order chi connectivity index (χ0) is 13.6. The summed E-state index contributed by atoms with van der Waals surface area (Å²) in [6.07, 6.45) is 12.2. The van der Waals surface area contributed by atoms with Gasteiger partial charge < -0.3 is 5.32 Å². The zero-order valence-electron chi connectivity index (χ0n) is 11.7. The summed E-state index contributed by atoms with van der Waals surface area (Å²) in [6.45, 7) is 1.88. The van der Waals surface area contributed by atoms with Crippen molar-refractivity contribution in [3.05, 3.63) is 60.4 Å². The Hall–Kier alpha value is -2.03. The van der Waals surface area contributed by atoms with Crippen molar-refractivity contribution in [1.29, 1.82) is 0 Å². The van der Waals surface area contributed by atoms with E-state index in [0.717, 1.165) is 19.0 Å². The van der Waals surface area contributed by atoms with Gasteiger partial charge in [0, 0.05) is 24.6 Å². The van der Waals surface area contributed by atoms with Crippen LogP contribution in [0.25, 0.3) is 0 Å². The molecule has 3 rings (SSSR count). The molecule has 20 heavy (non-hydrogen) atoms. The highest BCUT2D eigenvalue weighted by Crippen LogP contribution is 2.21. The molecule has 1 N–H and O–H groups in total. The lowest BCUT2D eigenvalue weighted by Gasteiger charge is -2.20. The second-order valence-corrected chi connectivity index (χ2v) is 5.39. The SMILES string of the molecule is C1=CCC(CNc2ccccc2Cn2cccn2)CC1. The molecule has 0 fully saturated rings. The summed E-state index contributed by atoms with van der Waals surface area (Å²) in [4.78, 5) is 0. The average molecular weight is 267 g/mol. The molecule has 1 aliphatic rings. The van der Waals surface area contributed by atoms with Crippen LogP contribution < -0.4 is 5.32 Å². The lowest BCUT2D eigenvalue weighted by molar-refractivity contribution is 0.504. The van der Waals surface area contributed by atoms with Gasteiger partial charge in [-0.25, -0.2) is 0 Å². The summed E-state index contributed by atoms with van der Waals surface area (Å²) in [5.41, 5.74) is 2.53. The number of para-hydroxylation sites is 1. The number of nitrogens with zero attached hydrogens (tertiary/aromatic N) is 2. The number of hydrogen-bond acceptors (Lipinski definition) is 2. The Morgan fingerprint density at radius 2 is 2.15 bits per heavy atom. The van der Waals surface area contributed by atoms with Crippen LogP contribution in [0, 0.1) is 5.92 Å². The fourth-order valence-electron chi connectivity index (χ4n) is 2.70. The number of hydrogen-bond donors (Lipinski definition) is 1. The molecule has 104 valence electrons. The first kappa shape index (κ1) is 13.0. The van der Waals surface area contributed by atoms with Gasteiger partial charge in [0.2, 0.25) is 0 Å². The number of anilines is 1. The molecule has 3 heteroatoms. The lowest BCUT2D eigenvalue weighted by atomic mass is 9.94. The topological polar surface area (TPSA) is 29.9 Å². The maximum Gasteiger partial charge on any atom is 0.0679 e. The standard InChI is InChI=1S/C17H21N3/c1-2-7-15(8-3-1)13-18-17-10-5-4-9-16(17)14-20-12-6-11-19-20/h1-2,4-6,9-12,15,18H,3,7-8,13-14H2. The van der Waals surface area contributed by atoms with Crippen LogP contribution in [-0.4, -0.2) is 16.3 Å². The van der Waals surface area contributed by atoms with Crippen molar-refractivity contribution in [3.63, 3.8) is 0 Å². The first-order chi connectivity index (χ1) is 9.92. The fourth-order valence-corrected chi connectivity index (χ4v) is 2.70. The van der Waals surface area contributed by atoms with Gasteiger partial charge in [-0.1, -0.05) is 30.4 Å². The van der Waals surface area contributed by atoms with Gasteiger partial charge in [-0.05, 0) is 42.9 Å². The van der Waals surface area contributed by atoms with E-state index in [1.807, 2.05) is 23.1 Å². The maximum absolute atomic E-state index is 4.28. The molecule has 1 aromatic carbocycles. The number of nitrogens with one attached hydrogen (secondary N) is 1. The van der Waals surface area contributed by atoms with Crippen molar-refractivity contribution >= 4 is 5.69 Å². The third-order valence-corrected chi connectivity index (χ3v) is 3.87. The average Bonchev–Trinajstić information content (AvgIpc) is 3.00. The van der Waals surface area contributed by atoms with E-state index in [9.17, 15) is 0 Å². The quantitative estimate of drug-likeness (QED) is 0.837. The molecule has 1 aliphatic carbocycles. The van der Waals surface area contributed by atoms with Crippen LogP contribution in [0.2, 0.25) is 0 Å². The van der Waals surface area contributed by atoms with Crippen LogP contribution in [0.4, 0.5) is 5.69 Å². The molecular weight excluding hydrogens is 246 g/mol. The van der Waals surface area contributed by atoms with Gasteiger partial charge >= 0.3 is 0 Å². The normalized spacial score (nSPS) is 18.1. The molecule has 0 spiro atoms. The van der Waals surface area contributed by atoms with Crippen molar-refractivity contribution in [3.8, 4) is 0 Å². The summed E-state index contributed by atoms with van der Waals surface area (Å²) < 4.78 is 1.96. The molecule has 0 bridgehead atoms. The Bertz CT molecular complexity index is 557. The van der Waals surface area contributed by atoms with Crippen molar-refractivity contribution in [2.75, 3.05) is 11.9 Å². The molecule has 0 amide bonds. The molecule has 0 saturated carbocycles. The number of allylic oxidation sites excluding steroid dienone is 2. The van der Waals surface area contributed by atoms with Crippen LogP contribution >= 0.6 is 0 Å². The summed E-state index contributed by atoms with van der Waals surface area (Å²) in [5, 5.41) is 7.90. The van der Waals surface area contributed by atoms with Crippen LogP contribution in [-0.2, 0) is 6.54 Å². The van der Waals surface area contributed by atoms with E-state index in [1.165, 1.54) is 30.5 Å². The molecular formula is C17H21N3. The van der Waals surface area contributed by atoms with E-state index < -0.39 is 0 Å². The van der Waals surface area contributed by atoms with Gasteiger partial charge in [0.1, 0.15) is 0 Å². The third kappa shape index (κ3) is 3.29. The molecule has 0 aliphatic heterocycles. The molecule has 1 aromatic heterocycles. The maximum atomic E-state index is 4.28. The zero-order valence-corrected chi connectivity index (χ0v) is 11.7. The second kappa shape index (κ2) is 6.42. The van der Waals surface area contributed by atoms with Crippen LogP contribution in [0.3, 0.4) is 0 Å². The first-order valence-corrected chi connectivity index (χ1v) is 7.36. The molecule has 1 atom stereocenters. The van der Waals surface area contributed by atoms with Gasteiger partial charge in [-0.3, -0.25) is 4.68 Å². The van der Waals surface area contributed by atoms with E-state index in [-0.39, 0.29) is 0 Å². The number of aromatic nitrogens is 2. The number of benzene rings is 1. The van der Waals surface area contributed by atoms with Crippen LogP contribution in [0.5, 0.6) is 0 Å². The van der Waals surface area contributed by atoms with Crippen LogP contribution in [0.1, 0.15) is 24.8 Å². The number of rotatable bonds is 5. The minimum atomic E-state index is 0.762. The Labute approximate surface area is 120 Å². The van der Waals surface area contributed by atoms with Crippen molar-refractivity contribution in [1.82, 2.24) is 9.78 Å². The van der Waals surface area contributed by atoms with E-state index in [2.05, 4.69) is 46.8 Å². The largest absolute Gasteiger partial charge is 0.384 e. The Kier molecular flexibility index (Phi) is 4.16. The molecule has 1 unspecified atom stereocenters. The Morgan fingerprint density at radius 3 is 2.95 bits per heavy atom. The molecule has 2 aromatic rings. The smallest absolute Gasteiger partial charge is 0.0679 e. The van der Waals surface area contributed by atoms with E-state index in [1.54, 1.807) is 0 Å². The molecule has 3 nitrogen and oxygen atoms in total. The highest BCUT2D eigenvalue weighted by Gasteiger charge is 2.10. The highest BCUT2D eigenvalue weighted by atomic mass is 15.3. The van der Waals surface area contributed by atoms with E-state index in [0.29, 0.717) is 0 Å². The van der Waals surface area contributed by atoms with Gasteiger partial charge in [-0.15, -0.1) is 0 Å². The van der Waals surface area contributed by atoms with Crippen molar-refractivity contribution in [2.24, 2.45) is 5.92 Å². The van der Waals surface area contributed by atoms with Gasteiger partial charge in [0.05, 0.1) is 6.54 Å². The van der Waals surface area contributed by atoms with Gasteiger partial charge in [0.25, 0.3) is 0 Å². The monoisotopic (exact) mass is 267 g/mol. The van der Waals surface area contributed by atoms with Gasteiger partial charge in [-0.2, -0.15) is 5.10 Å². The second-order valence-electron chi connectivity index (χ2n) is 5.39.